The second-order valence-electron chi connectivity index (χ2n) is 3.42. The average Bonchev–Trinajstić information content (AvgIpc) is 2.28. The molecule has 2 aromatic rings. The molecule has 1 aromatic heterocycles. The summed E-state index contributed by atoms with van der Waals surface area (Å²) >= 11 is 11.8. The molecule has 0 spiro atoms. The molecule has 80 valence electrons. The van der Waals surface area contributed by atoms with Crippen LogP contribution in [0.2, 0.25) is 10.0 Å². The second kappa shape index (κ2) is 4.69. The van der Waals surface area contributed by atoms with E-state index in [0.717, 1.165) is 16.6 Å². The molecule has 0 aliphatic heterocycles. The van der Waals surface area contributed by atoms with E-state index in [9.17, 15) is 0 Å². The highest BCUT2D eigenvalue weighted by Gasteiger charge is 2.03. The number of nitriles is 1. The van der Waals surface area contributed by atoms with Gasteiger partial charge in [0.1, 0.15) is 0 Å². The molecule has 0 bridgehead atoms. The summed E-state index contributed by atoms with van der Waals surface area (Å²) in [5, 5.41) is 10.5. The molecule has 0 aliphatic rings. The quantitative estimate of drug-likeness (QED) is 0.808. The third kappa shape index (κ3) is 2.27. The molecule has 0 radical (unpaired) electrons. The van der Waals surface area contributed by atoms with Crippen molar-refractivity contribution in [3.63, 3.8) is 0 Å². The minimum Gasteiger partial charge on any atom is -0.253 e. The number of fused-ring (bicyclic) bond motifs is 1. The lowest BCUT2D eigenvalue weighted by Crippen LogP contribution is -1.90. The fraction of sp³-hybridized carbons (Fsp3) is 0.167. The minimum atomic E-state index is 0.472. The van der Waals surface area contributed by atoms with Gasteiger partial charge in [-0.25, -0.2) is 0 Å². The zero-order valence-corrected chi connectivity index (χ0v) is 9.89. The van der Waals surface area contributed by atoms with Gasteiger partial charge in [-0.3, -0.25) is 4.98 Å². The lowest BCUT2D eigenvalue weighted by Gasteiger charge is -2.03. The zero-order valence-electron chi connectivity index (χ0n) is 8.37. The van der Waals surface area contributed by atoms with Crippen LogP contribution in [-0.4, -0.2) is 4.98 Å². The normalized spacial score (nSPS) is 10.3. The Morgan fingerprint density at radius 2 is 1.94 bits per heavy atom. The fourth-order valence-electron chi connectivity index (χ4n) is 1.48. The van der Waals surface area contributed by atoms with Crippen LogP contribution in [0.5, 0.6) is 0 Å². The highest BCUT2D eigenvalue weighted by atomic mass is 35.5. The van der Waals surface area contributed by atoms with Gasteiger partial charge in [-0.05, 0) is 18.2 Å². The van der Waals surface area contributed by atoms with E-state index in [0.29, 0.717) is 22.9 Å². The number of hydrogen-bond acceptors (Lipinski definition) is 2. The van der Waals surface area contributed by atoms with E-state index in [4.69, 9.17) is 28.5 Å². The summed E-state index contributed by atoms with van der Waals surface area (Å²) in [5.74, 6) is 0. The van der Waals surface area contributed by atoms with Crippen LogP contribution in [0.15, 0.2) is 24.3 Å². The van der Waals surface area contributed by atoms with E-state index < -0.39 is 0 Å². The fourth-order valence-corrected chi connectivity index (χ4v) is 1.81. The van der Waals surface area contributed by atoms with Gasteiger partial charge in [0.25, 0.3) is 0 Å². The molecule has 0 fully saturated rings. The molecule has 1 aromatic carbocycles. The highest BCUT2D eigenvalue weighted by Crippen LogP contribution is 2.27. The number of rotatable bonds is 2. The maximum absolute atomic E-state index is 8.51. The largest absolute Gasteiger partial charge is 0.253 e. The van der Waals surface area contributed by atoms with Crippen LogP contribution in [0.25, 0.3) is 10.9 Å². The van der Waals surface area contributed by atoms with Crippen LogP contribution in [0, 0.1) is 11.3 Å². The Morgan fingerprint density at radius 1 is 1.19 bits per heavy atom. The zero-order chi connectivity index (χ0) is 11.5. The van der Waals surface area contributed by atoms with Gasteiger partial charge in [0.2, 0.25) is 0 Å². The molecular formula is C12H8Cl2N2. The van der Waals surface area contributed by atoms with E-state index in [1.54, 1.807) is 12.1 Å². The molecule has 0 saturated heterocycles. The smallest absolute Gasteiger partial charge is 0.0721 e. The van der Waals surface area contributed by atoms with Gasteiger partial charge in [-0.1, -0.05) is 29.3 Å². The lowest BCUT2D eigenvalue weighted by atomic mass is 10.1. The number of hydrogen-bond donors (Lipinski definition) is 0. The van der Waals surface area contributed by atoms with Gasteiger partial charge in [0, 0.05) is 23.9 Å². The average molecular weight is 251 g/mol. The summed E-state index contributed by atoms with van der Waals surface area (Å²) < 4.78 is 0. The van der Waals surface area contributed by atoms with Crippen molar-refractivity contribution in [3.8, 4) is 6.07 Å². The summed E-state index contributed by atoms with van der Waals surface area (Å²) in [6, 6.07) is 9.48. The van der Waals surface area contributed by atoms with Gasteiger partial charge >= 0.3 is 0 Å². The van der Waals surface area contributed by atoms with Crippen molar-refractivity contribution in [1.29, 1.82) is 5.26 Å². The Labute approximate surface area is 103 Å². The maximum Gasteiger partial charge on any atom is 0.0721 e. The number of aromatic nitrogens is 1. The summed E-state index contributed by atoms with van der Waals surface area (Å²) in [5.41, 5.74) is 1.71. The first-order valence-corrected chi connectivity index (χ1v) is 5.58. The number of benzene rings is 1. The standard InChI is InChI=1S/C12H8Cl2N2/c13-10-6-8-3-4-9(2-1-5-15)16-12(8)7-11(10)14/h3-4,6-7H,1-2H2. The summed E-state index contributed by atoms with van der Waals surface area (Å²) in [6.45, 7) is 0. The van der Waals surface area contributed by atoms with Crippen LogP contribution in [-0.2, 0) is 6.42 Å². The number of aryl methyl sites for hydroxylation is 1. The minimum absolute atomic E-state index is 0.472. The van der Waals surface area contributed by atoms with E-state index in [2.05, 4.69) is 11.1 Å². The van der Waals surface area contributed by atoms with Crippen molar-refractivity contribution in [2.45, 2.75) is 12.8 Å². The number of halogens is 2. The Hall–Kier alpha value is -1.30. The third-order valence-electron chi connectivity index (χ3n) is 2.28. The first-order valence-electron chi connectivity index (χ1n) is 4.82. The third-order valence-corrected chi connectivity index (χ3v) is 3.00. The van der Waals surface area contributed by atoms with E-state index in [1.165, 1.54) is 0 Å². The highest BCUT2D eigenvalue weighted by molar-refractivity contribution is 6.42. The molecule has 0 saturated carbocycles. The Bertz CT molecular complexity index is 573. The summed E-state index contributed by atoms with van der Waals surface area (Å²) in [6.07, 6.45) is 1.13. The predicted molar refractivity (Wildman–Crippen MR) is 65.7 cm³/mol. The van der Waals surface area contributed by atoms with Gasteiger partial charge in [-0.2, -0.15) is 5.26 Å². The Morgan fingerprint density at radius 3 is 2.69 bits per heavy atom. The number of nitrogens with zero attached hydrogens (tertiary/aromatic N) is 2. The molecule has 16 heavy (non-hydrogen) atoms. The molecular weight excluding hydrogens is 243 g/mol. The van der Waals surface area contributed by atoms with Crippen molar-refractivity contribution >= 4 is 34.1 Å². The van der Waals surface area contributed by atoms with E-state index in [1.807, 2.05) is 12.1 Å². The first kappa shape index (κ1) is 11.2. The molecule has 0 unspecified atom stereocenters. The van der Waals surface area contributed by atoms with Crippen LogP contribution in [0.1, 0.15) is 12.1 Å². The summed E-state index contributed by atoms with van der Waals surface area (Å²) in [7, 11) is 0. The Balaban J connectivity index is 2.46. The second-order valence-corrected chi connectivity index (χ2v) is 4.23. The molecule has 0 N–H and O–H groups in total. The van der Waals surface area contributed by atoms with Crippen LogP contribution in [0.3, 0.4) is 0 Å². The van der Waals surface area contributed by atoms with Crippen molar-refractivity contribution in [1.82, 2.24) is 4.98 Å². The van der Waals surface area contributed by atoms with E-state index in [-0.39, 0.29) is 0 Å². The molecule has 2 nitrogen and oxygen atoms in total. The molecule has 0 atom stereocenters. The topological polar surface area (TPSA) is 36.7 Å². The van der Waals surface area contributed by atoms with Crippen LogP contribution in [0.4, 0.5) is 0 Å². The SMILES string of the molecule is N#CCCc1ccc2cc(Cl)c(Cl)cc2n1. The molecule has 1 heterocycles. The van der Waals surface area contributed by atoms with Crippen LogP contribution >= 0.6 is 23.2 Å². The van der Waals surface area contributed by atoms with E-state index >= 15 is 0 Å². The molecule has 0 aliphatic carbocycles. The van der Waals surface area contributed by atoms with Crippen molar-refractivity contribution in [2.75, 3.05) is 0 Å². The lowest BCUT2D eigenvalue weighted by molar-refractivity contribution is 0.963. The molecule has 2 rings (SSSR count). The van der Waals surface area contributed by atoms with Gasteiger partial charge in [0.15, 0.2) is 0 Å². The molecule has 0 amide bonds. The molecule has 4 heteroatoms. The van der Waals surface area contributed by atoms with Gasteiger partial charge in [-0.15, -0.1) is 0 Å². The first-order chi connectivity index (χ1) is 7.70. The summed E-state index contributed by atoms with van der Waals surface area (Å²) in [4.78, 5) is 4.42. The van der Waals surface area contributed by atoms with Crippen molar-refractivity contribution in [2.24, 2.45) is 0 Å². The Kier molecular flexibility index (Phi) is 3.28. The monoisotopic (exact) mass is 250 g/mol. The maximum atomic E-state index is 8.51. The van der Waals surface area contributed by atoms with Gasteiger partial charge < -0.3 is 0 Å². The van der Waals surface area contributed by atoms with Gasteiger partial charge in [0.05, 0.1) is 21.6 Å². The number of pyridine rings is 1. The van der Waals surface area contributed by atoms with Crippen molar-refractivity contribution in [3.05, 3.63) is 40.0 Å². The van der Waals surface area contributed by atoms with Crippen LogP contribution < -0.4 is 0 Å². The van der Waals surface area contributed by atoms with Crippen molar-refractivity contribution < 1.29 is 0 Å². The predicted octanol–water partition coefficient (Wildman–Crippen LogP) is 4.00.